The van der Waals surface area contributed by atoms with Crippen LogP contribution in [0.1, 0.15) is 51.0 Å². The number of anilines is 1. The number of amides is 2. The molecule has 0 spiro atoms. The summed E-state index contributed by atoms with van der Waals surface area (Å²) >= 11 is 0. The number of hydrogen-bond donors (Lipinski definition) is 7. The molecular formula is C26H44N7O7PS. The summed E-state index contributed by atoms with van der Waals surface area (Å²) in [6.07, 6.45) is 2.70. The summed E-state index contributed by atoms with van der Waals surface area (Å²) in [5.74, 6) is -0.169. The van der Waals surface area contributed by atoms with E-state index in [4.69, 9.17) is 21.3 Å². The van der Waals surface area contributed by atoms with Crippen molar-refractivity contribution in [1.82, 2.24) is 14.9 Å². The predicted molar refractivity (Wildman–Crippen MR) is 160 cm³/mol. The van der Waals surface area contributed by atoms with Crippen LogP contribution in [-0.2, 0) is 30.6 Å². The molecule has 1 aromatic rings. The summed E-state index contributed by atoms with van der Waals surface area (Å²) in [6, 6.07) is 4.18. The van der Waals surface area contributed by atoms with Crippen LogP contribution in [0.4, 0.5) is 5.69 Å². The SMILES string of the molecule is CC1CNc2c(cccc2S(=O)(=O)N[C@@H](CCCN=C(N)N)C(=O)N2CCC(CCNC(=O)CCP(=O)(O)O)CC2)C1. The summed E-state index contributed by atoms with van der Waals surface area (Å²) in [5, 5.41) is 5.92. The molecule has 3 rings (SSSR count). The summed E-state index contributed by atoms with van der Waals surface area (Å²) in [6.45, 7) is 4.28. The number of carbonyl (C=O) groups excluding carboxylic acids is 2. The molecule has 16 heteroatoms. The molecule has 9 N–H and O–H groups in total. The van der Waals surface area contributed by atoms with Gasteiger partial charge in [-0.3, -0.25) is 19.1 Å². The van der Waals surface area contributed by atoms with Crippen LogP contribution in [-0.4, -0.2) is 85.8 Å². The Kier molecular flexibility index (Phi) is 12.2. The number of sulfonamides is 1. The topological polar surface area (TPSA) is 230 Å². The first-order valence-electron chi connectivity index (χ1n) is 14.3. The van der Waals surface area contributed by atoms with Crippen molar-refractivity contribution >= 4 is 41.1 Å². The average molecular weight is 630 g/mol. The van der Waals surface area contributed by atoms with E-state index in [2.05, 4.69) is 27.3 Å². The molecule has 0 radical (unpaired) electrons. The van der Waals surface area contributed by atoms with Gasteiger partial charge in [0.15, 0.2) is 5.96 Å². The fraction of sp³-hybridized carbons (Fsp3) is 0.654. The highest BCUT2D eigenvalue weighted by atomic mass is 32.2. The normalized spacial score (nSPS) is 18.5. The Labute approximate surface area is 247 Å². The van der Waals surface area contributed by atoms with E-state index in [1.54, 1.807) is 17.0 Å². The minimum atomic E-state index is -4.22. The summed E-state index contributed by atoms with van der Waals surface area (Å²) < 4.78 is 40.8. The molecule has 0 saturated carbocycles. The number of hydrogen-bond acceptors (Lipinski definition) is 7. The molecule has 2 aliphatic heterocycles. The number of likely N-dealkylation sites (tertiary alicyclic amines) is 1. The number of nitrogens with two attached hydrogens (primary N) is 2. The number of aliphatic imine (C=N–C) groups is 1. The fourth-order valence-electron chi connectivity index (χ4n) is 5.30. The number of para-hydroxylation sites is 1. The van der Waals surface area contributed by atoms with Crippen LogP contribution in [0.2, 0.25) is 0 Å². The van der Waals surface area contributed by atoms with E-state index in [0.717, 1.165) is 12.0 Å². The highest BCUT2D eigenvalue weighted by Gasteiger charge is 2.33. The maximum absolute atomic E-state index is 13.6. The average Bonchev–Trinajstić information content (AvgIpc) is 2.92. The van der Waals surface area contributed by atoms with Crippen molar-refractivity contribution in [2.24, 2.45) is 28.3 Å². The first kappa shape index (κ1) is 33.8. The first-order valence-corrected chi connectivity index (χ1v) is 17.6. The summed E-state index contributed by atoms with van der Waals surface area (Å²) in [7, 11) is -8.25. The number of carbonyl (C=O) groups is 2. The largest absolute Gasteiger partial charge is 0.383 e. The third kappa shape index (κ3) is 10.5. The lowest BCUT2D eigenvalue weighted by atomic mass is 9.93. The van der Waals surface area contributed by atoms with Crippen LogP contribution in [0, 0.1) is 11.8 Å². The lowest BCUT2D eigenvalue weighted by Gasteiger charge is -2.34. The van der Waals surface area contributed by atoms with Gasteiger partial charge >= 0.3 is 7.60 Å². The molecule has 1 aromatic carbocycles. The van der Waals surface area contributed by atoms with Crippen molar-refractivity contribution in [1.29, 1.82) is 0 Å². The van der Waals surface area contributed by atoms with E-state index in [0.29, 0.717) is 63.5 Å². The van der Waals surface area contributed by atoms with Gasteiger partial charge in [0.1, 0.15) is 10.9 Å². The monoisotopic (exact) mass is 629 g/mol. The third-order valence-electron chi connectivity index (χ3n) is 7.57. The Morgan fingerprint density at radius 3 is 2.62 bits per heavy atom. The van der Waals surface area contributed by atoms with Crippen molar-refractivity contribution in [3.8, 4) is 0 Å². The molecule has 14 nitrogen and oxygen atoms in total. The van der Waals surface area contributed by atoms with Gasteiger partial charge in [-0.2, -0.15) is 4.72 Å². The highest BCUT2D eigenvalue weighted by molar-refractivity contribution is 7.89. The van der Waals surface area contributed by atoms with Gasteiger partial charge in [0, 0.05) is 39.1 Å². The van der Waals surface area contributed by atoms with Crippen molar-refractivity contribution in [3.63, 3.8) is 0 Å². The predicted octanol–water partition coefficient (Wildman–Crippen LogP) is 0.304. The molecule has 2 heterocycles. The van der Waals surface area contributed by atoms with Crippen LogP contribution in [0.15, 0.2) is 28.1 Å². The van der Waals surface area contributed by atoms with Gasteiger partial charge in [0.05, 0.1) is 11.8 Å². The van der Waals surface area contributed by atoms with Gasteiger partial charge in [0.2, 0.25) is 21.8 Å². The van der Waals surface area contributed by atoms with Crippen LogP contribution < -0.4 is 26.8 Å². The van der Waals surface area contributed by atoms with E-state index >= 15 is 0 Å². The number of nitrogens with zero attached hydrogens (tertiary/aromatic N) is 2. The maximum atomic E-state index is 13.6. The zero-order valence-corrected chi connectivity index (χ0v) is 25.7. The van der Waals surface area contributed by atoms with Gasteiger partial charge < -0.3 is 36.8 Å². The fourth-order valence-corrected chi connectivity index (χ4v) is 7.24. The van der Waals surface area contributed by atoms with Crippen LogP contribution >= 0.6 is 7.60 Å². The molecule has 2 atom stereocenters. The second-order valence-electron chi connectivity index (χ2n) is 11.1. The minimum absolute atomic E-state index is 0.0743. The van der Waals surface area contributed by atoms with Crippen molar-refractivity contribution in [2.45, 2.75) is 62.8 Å². The molecule has 236 valence electrons. The van der Waals surface area contributed by atoms with E-state index in [-0.39, 0.29) is 42.1 Å². The molecule has 2 amide bonds. The van der Waals surface area contributed by atoms with E-state index in [1.807, 2.05) is 6.07 Å². The number of benzene rings is 1. The van der Waals surface area contributed by atoms with Gasteiger partial charge in [-0.05, 0) is 62.0 Å². The van der Waals surface area contributed by atoms with Gasteiger partial charge in [-0.25, -0.2) is 8.42 Å². The Morgan fingerprint density at radius 2 is 1.95 bits per heavy atom. The number of piperidine rings is 1. The molecular weight excluding hydrogens is 585 g/mol. The number of guanidine groups is 1. The van der Waals surface area contributed by atoms with Gasteiger partial charge in [-0.1, -0.05) is 19.1 Å². The summed E-state index contributed by atoms with van der Waals surface area (Å²) in [4.78, 5) is 49.0. The zero-order chi connectivity index (χ0) is 30.9. The van der Waals surface area contributed by atoms with E-state index in [9.17, 15) is 22.6 Å². The molecule has 2 aliphatic rings. The molecule has 42 heavy (non-hydrogen) atoms. The molecule has 0 aromatic heterocycles. The Balaban J connectivity index is 1.61. The maximum Gasteiger partial charge on any atom is 0.326 e. The van der Waals surface area contributed by atoms with Crippen LogP contribution in [0.3, 0.4) is 0 Å². The number of rotatable bonds is 14. The second-order valence-corrected chi connectivity index (χ2v) is 14.6. The molecule has 0 bridgehead atoms. The zero-order valence-electron chi connectivity index (χ0n) is 24.0. The quantitative estimate of drug-likeness (QED) is 0.0644. The third-order valence-corrected chi connectivity index (χ3v) is 9.89. The van der Waals surface area contributed by atoms with Gasteiger partial charge in [0.25, 0.3) is 0 Å². The van der Waals surface area contributed by atoms with Crippen molar-refractivity contribution in [3.05, 3.63) is 23.8 Å². The Bertz CT molecular complexity index is 1280. The first-order chi connectivity index (χ1) is 19.7. The second kappa shape index (κ2) is 15.1. The highest BCUT2D eigenvalue weighted by Crippen LogP contribution is 2.35. The Hall–Kier alpha value is -2.71. The smallest absolute Gasteiger partial charge is 0.326 e. The molecule has 1 unspecified atom stereocenters. The van der Waals surface area contributed by atoms with E-state index in [1.165, 1.54) is 0 Å². The molecule has 0 aliphatic carbocycles. The van der Waals surface area contributed by atoms with Gasteiger partial charge in [-0.15, -0.1) is 0 Å². The summed E-state index contributed by atoms with van der Waals surface area (Å²) in [5.41, 5.74) is 12.3. The van der Waals surface area contributed by atoms with Crippen LogP contribution in [0.25, 0.3) is 0 Å². The van der Waals surface area contributed by atoms with Crippen molar-refractivity contribution < 1.29 is 32.4 Å². The number of nitrogens with one attached hydrogen (secondary N) is 3. The minimum Gasteiger partial charge on any atom is -0.383 e. The Morgan fingerprint density at radius 1 is 1.24 bits per heavy atom. The standard InChI is InChI=1S/C26H44N7O7PS/c1-18-16-20-4-2-6-22(24(20)31-17-18)42(39,40)32-21(5-3-11-30-26(27)28)25(35)33-13-8-19(9-14-33)7-12-29-23(34)10-15-41(36,37)38/h2,4,6,18-19,21,31-32H,3,5,7-17H2,1H3,(H,29,34)(H4,27,28,30)(H2,36,37,38)/t18?,21-/m0/s1. The van der Waals surface area contributed by atoms with Crippen molar-refractivity contribution in [2.75, 3.05) is 44.2 Å². The van der Waals surface area contributed by atoms with Crippen LogP contribution in [0.5, 0.6) is 0 Å². The lowest BCUT2D eigenvalue weighted by molar-refractivity contribution is -0.134. The molecule has 1 saturated heterocycles. The number of fused-ring (bicyclic) bond motifs is 1. The van der Waals surface area contributed by atoms with E-state index < -0.39 is 35.7 Å². The molecule has 1 fully saturated rings. The lowest BCUT2D eigenvalue weighted by Crippen LogP contribution is -2.51.